The molecule has 1 N–H and O–H groups in total. The van der Waals surface area contributed by atoms with Crippen LogP contribution in [0.1, 0.15) is 17.0 Å². The summed E-state index contributed by atoms with van der Waals surface area (Å²) in [6, 6.07) is 7.41. The summed E-state index contributed by atoms with van der Waals surface area (Å²) in [6.07, 6.45) is 1.86. The fourth-order valence-electron chi connectivity index (χ4n) is 3.49. The summed E-state index contributed by atoms with van der Waals surface area (Å²) in [4.78, 5) is 32.0. The van der Waals surface area contributed by atoms with E-state index in [4.69, 9.17) is 0 Å². The van der Waals surface area contributed by atoms with Crippen LogP contribution in [0.4, 0.5) is 10.8 Å². The van der Waals surface area contributed by atoms with E-state index in [9.17, 15) is 18.0 Å². The number of halogens is 1. The van der Waals surface area contributed by atoms with Crippen LogP contribution < -0.4 is 10.2 Å². The molecule has 29 heavy (non-hydrogen) atoms. The molecule has 2 aliphatic heterocycles. The van der Waals surface area contributed by atoms with Gasteiger partial charge in [0.05, 0.1) is 17.9 Å². The largest absolute Gasteiger partial charge is 0.312 e. The van der Waals surface area contributed by atoms with Crippen molar-refractivity contribution in [1.29, 1.82) is 0 Å². The minimum absolute atomic E-state index is 0.0922. The van der Waals surface area contributed by atoms with Crippen molar-refractivity contribution in [3.8, 4) is 0 Å². The highest BCUT2D eigenvalue weighted by Gasteiger charge is 2.36. The predicted octanol–water partition coefficient (Wildman–Crippen LogP) is 2.21. The molecule has 3 heterocycles. The molecule has 0 radical (unpaired) electrons. The molecule has 4 rings (SSSR count). The maximum atomic E-state index is 12.7. The zero-order chi connectivity index (χ0) is 20.8. The molecule has 1 aromatic heterocycles. The average molecular weight is 499 g/mol. The number of carbonyl (C=O) groups excluding carboxylic acids is 2. The molecule has 1 atom stereocenters. The number of nitrogens with one attached hydrogen (secondary N) is 1. The Morgan fingerprint density at radius 3 is 2.90 bits per heavy atom. The summed E-state index contributed by atoms with van der Waals surface area (Å²) < 4.78 is 25.8. The van der Waals surface area contributed by atoms with Crippen molar-refractivity contribution in [2.75, 3.05) is 29.6 Å². The van der Waals surface area contributed by atoms with Crippen LogP contribution in [0.15, 0.2) is 28.7 Å². The minimum atomic E-state index is -3.26. The van der Waals surface area contributed by atoms with Gasteiger partial charge in [0.1, 0.15) is 0 Å². The molecular weight excluding hydrogens is 480 g/mol. The van der Waals surface area contributed by atoms with Crippen molar-refractivity contribution < 1.29 is 18.0 Å². The van der Waals surface area contributed by atoms with Crippen LogP contribution in [-0.4, -0.2) is 48.9 Å². The van der Waals surface area contributed by atoms with Crippen molar-refractivity contribution in [2.24, 2.45) is 5.92 Å². The van der Waals surface area contributed by atoms with Crippen molar-refractivity contribution in [3.05, 3.63) is 39.3 Å². The Kier molecular flexibility index (Phi) is 5.49. The Bertz CT molecular complexity index is 1090. The van der Waals surface area contributed by atoms with Gasteiger partial charge in [-0.15, -0.1) is 11.3 Å². The van der Waals surface area contributed by atoms with Crippen molar-refractivity contribution in [2.45, 2.75) is 19.4 Å². The van der Waals surface area contributed by atoms with Gasteiger partial charge in [0, 0.05) is 47.5 Å². The molecule has 1 fully saturated rings. The number of nitrogens with zero attached hydrogens (tertiary/aromatic N) is 3. The lowest BCUT2D eigenvalue weighted by Gasteiger charge is -2.23. The molecule has 1 unspecified atom stereocenters. The number of aromatic nitrogens is 1. The van der Waals surface area contributed by atoms with E-state index in [2.05, 4.69) is 26.2 Å². The number of sulfonamides is 1. The number of benzene rings is 1. The molecule has 11 heteroatoms. The highest BCUT2D eigenvalue weighted by atomic mass is 79.9. The summed E-state index contributed by atoms with van der Waals surface area (Å²) in [5, 5.41) is 3.26. The van der Waals surface area contributed by atoms with Gasteiger partial charge >= 0.3 is 0 Å². The van der Waals surface area contributed by atoms with Gasteiger partial charge in [0.2, 0.25) is 21.8 Å². The lowest BCUT2D eigenvalue weighted by atomic mass is 10.1. The Hall–Kier alpha value is -1.82. The molecule has 0 bridgehead atoms. The molecule has 2 aromatic rings. The summed E-state index contributed by atoms with van der Waals surface area (Å²) >= 11 is 4.68. The maximum absolute atomic E-state index is 12.7. The number of rotatable bonds is 4. The van der Waals surface area contributed by atoms with E-state index >= 15 is 0 Å². The van der Waals surface area contributed by atoms with E-state index < -0.39 is 15.9 Å². The first kappa shape index (κ1) is 20.5. The summed E-state index contributed by atoms with van der Waals surface area (Å²) in [7, 11) is -3.26. The van der Waals surface area contributed by atoms with Gasteiger partial charge in [0.15, 0.2) is 5.13 Å². The van der Waals surface area contributed by atoms with Crippen LogP contribution in [-0.2, 0) is 32.6 Å². The van der Waals surface area contributed by atoms with E-state index in [-0.39, 0.29) is 24.8 Å². The second-order valence-electron chi connectivity index (χ2n) is 7.11. The second-order valence-corrected chi connectivity index (χ2v) is 11.1. The lowest BCUT2D eigenvalue weighted by molar-refractivity contribution is -0.122. The first-order valence-corrected chi connectivity index (χ1v) is 12.5. The zero-order valence-corrected chi connectivity index (χ0v) is 18.8. The Morgan fingerprint density at radius 2 is 2.17 bits per heavy atom. The van der Waals surface area contributed by atoms with Crippen molar-refractivity contribution >= 4 is 59.9 Å². The van der Waals surface area contributed by atoms with Gasteiger partial charge in [-0.3, -0.25) is 9.59 Å². The minimum Gasteiger partial charge on any atom is -0.312 e. The highest BCUT2D eigenvalue weighted by Crippen LogP contribution is 2.31. The van der Waals surface area contributed by atoms with E-state index in [0.717, 1.165) is 20.7 Å². The van der Waals surface area contributed by atoms with E-state index in [1.165, 1.54) is 21.9 Å². The first-order chi connectivity index (χ1) is 13.7. The molecule has 0 saturated carbocycles. The van der Waals surface area contributed by atoms with Crippen molar-refractivity contribution in [1.82, 2.24) is 9.29 Å². The Morgan fingerprint density at radius 1 is 1.38 bits per heavy atom. The van der Waals surface area contributed by atoms with E-state index in [1.54, 1.807) is 4.90 Å². The van der Waals surface area contributed by atoms with Crippen LogP contribution in [0, 0.1) is 5.92 Å². The number of hydrogen-bond donors (Lipinski definition) is 1. The summed E-state index contributed by atoms with van der Waals surface area (Å²) in [6.45, 7) is 0.982. The van der Waals surface area contributed by atoms with Gasteiger partial charge in [-0.2, -0.15) is 4.31 Å². The van der Waals surface area contributed by atoms with Gasteiger partial charge in [0.25, 0.3) is 0 Å². The molecule has 154 valence electrons. The number of hydrogen-bond acceptors (Lipinski definition) is 6. The van der Waals surface area contributed by atoms with Crippen LogP contribution in [0.2, 0.25) is 0 Å². The zero-order valence-electron chi connectivity index (χ0n) is 15.6. The monoisotopic (exact) mass is 498 g/mol. The third kappa shape index (κ3) is 4.37. The Balaban J connectivity index is 1.43. The summed E-state index contributed by atoms with van der Waals surface area (Å²) in [5.74, 6) is -0.803. The average Bonchev–Trinajstić information content (AvgIpc) is 3.23. The standard InChI is InChI=1S/C18H19BrN4O4S2/c1-29(26,27)22-6-5-14-15(10-22)28-18(20-14)21-17(25)11-7-16(24)23(9-11)13-4-2-3-12(19)8-13/h2-4,8,11H,5-7,9-10H2,1H3,(H,20,21,25). The van der Waals surface area contributed by atoms with Crippen molar-refractivity contribution in [3.63, 3.8) is 0 Å². The van der Waals surface area contributed by atoms with Crippen LogP contribution in [0.5, 0.6) is 0 Å². The lowest BCUT2D eigenvalue weighted by Crippen LogP contribution is -2.34. The molecular formula is C18H19BrN4O4S2. The fraction of sp³-hybridized carbons (Fsp3) is 0.389. The van der Waals surface area contributed by atoms with Gasteiger partial charge < -0.3 is 10.2 Å². The summed E-state index contributed by atoms with van der Waals surface area (Å²) in [5.41, 5.74) is 1.58. The van der Waals surface area contributed by atoms with Gasteiger partial charge in [-0.05, 0) is 18.2 Å². The number of thiazole rings is 1. The molecule has 8 nitrogen and oxygen atoms in total. The Labute approximate surface area is 181 Å². The number of amides is 2. The molecule has 1 saturated heterocycles. The molecule has 2 amide bonds. The third-order valence-corrected chi connectivity index (χ3v) is 7.75. The van der Waals surface area contributed by atoms with E-state index in [1.807, 2.05) is 24.3 Å². The van der Waals surface area contributed by atoms with Crippen LogP contribution >= 0.6 is 27.3 Å². The maximum Gasteiger partial charge on any atom is 0.231 e. The van der Waals surface area contributed by atoms with Crippen LogP contribution in [0.25, 0.3) is 0 Å². The molecule has 1 aromatic carbocycles. The quantitative estimate of drug-likeness (QED) is 0.696. The topological polar surface area (TPSA) is 99.7 Å². The molecule has 2 aliphatic rings. The van der Waals surface area contributed by atoms with Crippen LogP contribution in [0.3, 0.4) is 0 Å². The second kappa shape index (κ2) is 7.78. The number of fused-ring (bicyclic) bond motifs is 1. The number of carbonyl (C=O) groups is 2. The first-order valence-electron chi connectivity index (χ1n) is 9.01. The SMILES string of the molecule is CS(=O)(=O)N1CCc2nc(NC(=O)C3CC(=O)N(c4cccc(Br)c4)C3)sc2C1. The smallest absolute Gasteiger partial charge is 0.231 e. The highest BCUT2D eigenvalue weighted by molar-refractivity contribution is 9.10. The third-order valence-electron chi connectivity index (χ3n) is 5.01. The normalized spacial score (nSPS) is 20.0. The van der Waals surface area contributed by atoms with Gasteiger partial charge in [-0.25, -0.2) is 13.4 Å². The fourth-order valence-corrected chi connectivity index (χ4v) is 5.77. The molecule has 0 spiro atoms. The molecule has 0 aliphatic carbocycles. The predicted molar refractivity (Wildman–Crippen MR) is 114 cm³/mol. The van der Waals surface area contributed by atoms with E-state index in [0.29, 0.717) is 24.6 Å². The number of anilines is 2. The van der Waals surface area contributed by atoms with Gasteiger partial charge in [-0.1, -0.05) is 22.0 Å².